The summed E-state index contributed by atoms with van der Waals surface area (Å²) in [6, 6.07) is 8.75. The first-order chi connectivity index (χ1) is 8.52. The lowest BCUT2D eigenvalue weighted by molar-refractivity contribution is 0.404. The van der Waals surface area contributed by atoms with Crippen LogP contribution in [-0.2, 0) is 0 Å². The zero-order chi connectivity index (χ0) is 13.3. The molecule has 94 valence electrons. The number of hydrogen-bond donors (Lipinski definition) is 0. The summed E-state index contributed by atoms with van der Waals surface area (Å²) in [4.78, 5) is 0. The highest BCUT2D eigenvalue weighted by Gasteiger charge is 2.23. The molecule has 0 spiro atoms. The van der Waals surface area contributed by atoms with Crippen LogP contribution >= 0.6 is 11.6 Å². The van der Waals surface area contributed by atoms with Crippen molar-refractivity contribution < 1.29 is 17.6 Å². The largest absolute Gasteiger partial charge is 0.204 e. The monoisotopic (exact) mass is 274 g/mol. The lowest BCUT2D eigenvalue weighted by atomic mass is 10.0. The molecule has 0 bridgehead atoms. The number of benzene rings is 2. The average molecular weight is 275 g/mol. The van der Waals surface area contributed by atoms with Gasteiger partial charge < -0.3 is 0 Å². The smallest absolute Gasteiger partial charge is 0.197 e. The maximum absolute atomic E-state index is 13.5. The maximum atomic E-state index is 13.5. The third-order valence-corrected chi connectivity index (χ3v) is 2.98. The molecule has 0 heterocycles. The molecule has 0 saturated heterocycles. The SMILES string of the molecule is Fc1cc(C(Cl)c2ccccc2)c(F)c(F)c1F. The molecule has 0 aromatic heterocycles. The van der Waals surface area contributed by atoms with Crippen LogP contribution in [0.5, 0.6) is 0 Å². The van der Waals surface area contributed by atoms with E-state index in [0.717, 1.165) is 0 Å². The fourth-order valence-corrected chi connectivity index (χ4v) is 1.88. The number of rotatable bonds is 2. The van der Waals surface area contributed by atoms with E-state index in [4.69, 9.17) is 11.6 Å². The molecule has 1 atom stereocenters. The van der Waals surface area contributed by atoms with Crippen molar-refractivity contribution in [2.75, 3.05) is 0 Å². The second kappa shape index (κ2) is 4.98. The minimum atomic E-state index is -1.86. The quantitative estimate of drug-likeness (QED) is 0.326. The predicted molar refractivity (Wildman–Crippen MR) is 60.4 cm³/mol. The van der Waals surface area contributed by atoms with Gasteiger partial charge in [-0.15, -0.1) is 11.6 Å². The standard InChI is InChI=1S/C13H7ClF4/c14-10(7-4-2-1-3-5-7)8-6-9(15)12(17)13(18)11(8)16/h1-6,10H. The van der Waals surface area contributed by atoms with Gasteiger partial charge in [0.1, 0.15) is 0 Å². The van der Waals surface area contributed by atoms with Crippen LogP contribution in [0.25, 0.3) is 0 Å². The maximum Gasteiger partial charge on any atom is 0.197 e. The molecule has 0 radical (unpaired) electrons. The Kier molecular flexibility index (Phi) is 3.57. The lowest BCUT2D eigenvalue weighted by Gasteiger charge is -2.12. The minimum absolute atomic E-state index is 0.431. The normalized spacial score (nSPS) is 12.5. The molecule has 0 aliphatic rings. The van der Waals surface area contributed by atoms with Crippen LogP contribution in [0.15, 0.2) is 36.4 Å². The Hall–Kier alpha value is -1.55. The first kappa shape index (κ1) is 12.9. The summed E-state index contributed by atoms with van der Waals surface area (Å²) in [5.41, 5.74) is 0.0303. The molecular formula is C13H7ClF4. The molecule has 1 unspecified atom stereocenters. The molecule has 0 aliphatic heterocycles. The van der Waals surface area contributed by atoms with Crippen molar-refractivity contribution in [3.05, 3.63) is 70.8 Å². The number of alkyl halides is 1. The minimum Gasteiger partial charge on any atom is -0.204 e. The van der Waals surface area contributed by atoms with Crippen LogP contribution in [0.1, 0.15) is 16.5 Å². The summed E-state index contributed by atoms with van der Waals surface area (Å²) >= 11 is 5.94. The number of hydrogen-bond acceptors (Lipinski definition) is 0. The third kappa shape index (κ3) is 2.20. The van der Waals surface area contributed by atoms with E-state index < -0.39 is 34.2 Å². The molecule has 0 aliphatic carbocycles. The summed E-state index contributed by atoms with van der Waals surface area (Å²) in [6.45, 7) is 0. The van der Waals surface area contributed by atoms with Crippen molar-refractivity contribution >= 4 is 11.6 Å². The Bertz CT molecular complexity index is 569. The van der Waals surface area contributed by atoms with E-state index in [2.05, 4.69) is 0 Å². The van der Waals surface area contributed by atoms with Gasteiger partial charge in [0, 0.05) is 5.56 Å². The van der Waals surface area contributed by atoms with Crippen LogP contribution in [0.2, 0.25) is 0 Å². The Morgan fingerprint density at radius 2 is 1.44 bits per heavy atom. The molecular weight excluding hydrogens is 268 g/mol. The third-order valence-electron chi connectivity index (χ3n) is 2.50. The summed E-state index contributed by atoms with van der Waals surface area (Å²) in [5, 5.41) is -1.09. The zero-order valence-electron chi connectivity index (χ0n) is 8.93. The molecule has 2 aromatic carbocycles. The van der Waals surface area contributed by atoms with Crippen LogP contribution in [0.4, 0.5) is 17.6 Å². The molecule has 18 heavy (non-hydrogen) atoms. The van der Waals surface area contributed by atoms with E-state index in [-0.39, 0.29) is 0 Å². The lowest BCUT2D eigenvalue weighted by Crippen LogP contribution is -2.04. The van der Waals surface area contributed by atoms with Gasteiger partial charge in [0.25, 0.3) is 0 Å². The first-order valence-electron chi connectivity index (χ1n) is 5.04. The highest BCUT2D eigenvalue weighted by molar-refractivity contribution is 6.22. The second-order valence-electron chi connectivity index (χ2n) is 3.66. The van der Waals surface area contributed by atoms with Crippen molar-refractivity contribution in [3.63, 3.8) is 0 Å². The van der Waals surface area contributed by atoms with E-state index in [1.54, 1.807) is 30.3 Å². The first-order valence-corrected chi connectivity index (χ1v) is 5.48. The van der Waals surface area contributed by atoms with Crippen LogP contribution < -0.4 is 0 Å². The van der Waals surface area contributed by atoms with E-state index in [0.29, 0.717) is 11.6 Å². The molecule has 2 rings (SSSR count). The van der Waals surface area contributed by atoms with Gasteiger partial charge in [0.15, 0.2) is 23.3 Å². The molecule has 5 heteroatoms. The zero-order valence-corrected chi connectivity index (χ0v) is 9.69. The van der Waals surface area contributed by atoms with Gasteiger partial charge in [-0.25, -0.2) is 17.6 Å². The molecule has 0 amide bonds. The summed E-state index contributed by atoms with van der Waals surface area (Å²) in [5.74, 6) is -6.64. The Balaban J connectivity index is 2.52. The summed E-state index contributed by atoms with van der Waals surface area (Å²) in [6.07, 6.45) is 0. The van der Waals surface area contributed by atoms with Crippen molar-refractivity contribution in [2.24, 2.45) is 0 Å². The van der Waals surface area contributed by atoms with E-state index in [1.165, 1.54) is 0 Å². The molecule has 2 aromatic rings. The fourth-order valence-electron chi connectivity index (χ4n) is 1.58. The summed E-state index contributed by atoms with van der Waals surface area (Å²) < 4.78 is 52.5. The van der Waals surface area contributed by atoms with E-state index in [1.807, 2.05) is 0 Å². The van der Waals surface area contributed by atoms with Gasteiger partial charge in [-0.1, -0.05) is 30.3 Å². The number of halogens is 5. The van der Waals surface area contributed by atoms with Crippen molar-refractivity contribution in [1.82, 2.24) is 0 Å². The van der Waals surface area contributed by atoms with E-state index in [9.17, 15) is 17.6 Å². The molecule has 0 N–H and O–H groups in total. The van der Waals surface area contributed by atoms with Gasteiger partial charge in [0.05, 0.1) is 5.38 Å². The van der Waals surface area contributed by atoms with Gasteiger partial charge in [-0.2, -0.15) is 0 Å². The summed E-state index contributed by atoms with van der Waals surface area (Å²) in [7, 11) is 0. The van der Waals surface area contributed by atoms with Gasteiger partial charge in [-0.05, 0) is 11.6 Å². The average Bonchev–Trinajstić information content (AvgIpc) is 2.41. The predicted octanol–water partition coefficient (Wildman–Crippen LogP) is 4.57. The van der Waals surface area contributed by atoms with Crippen molar-refractivity contribution in [2.45, 2.75) is 5.38 Å². The molecule has 0 saturated carbocycles. The second-order valence-corrected chi connectivity index (χ2v) is 4.10. The van der Waals surface area contributed by atoms with Gasteiger partial charge >= 0.3 is 0 Å². The Morgan fingerprint density at radius 3 is 2.06 bits per heavy atom. The van der Waals surface area contributed by atoms with Crippen molar-refractivity contribution in [1.29, 1.82) is 0 Å². The van der Waals surface area contributed by atoms with E-state index >= 15 is 0 Å². The Morgan fingerprint density at radius 1 is 0.833 bits per heavy atom. The fraction of sp³-hybridized carbons (Fsp3) is 0.0769. The van der Waals surface area contributed by atoms with Crippen LogP contribution in [-0.4, -0.2) is 0 Å². The topological polar surface area (TPSA) is 0 Å². The Labute approximate surface area is 106 Å². The van der Waals surface area contributed by atoms with Crippen molar-refractivity contribution in [3.8, 4) is 0 Å². The van der Waals surface area contributed by atoms with Crippen LogP contribution in [0, 0.1) is 23.3 Å². The highest BCUT2D eigenvalue weighted by atomic mass is 35.5. The van der Waals surface area contributed by atoms with Gasteiger partial charge in [-0.3, -0.25) is 0 Å². The molecule has 0 fully saturated rings. The molecule has 0 nitrogen and oxygen atoms in total. The highest BCUT2D eigenvalue weighted by Crippen LogP contribution is 2.32. The van der Waals surface area contributed by atoms with Crippen LogP contribution in [0.3, 0.4) is 0 Å². The van der Waals surface area contributed by atoms with Gasteiger partial charge in [0.2, 0.25) is 0 Å².